The Bertz CT molecular complexity index is 211. The van der Waals surface area contributed by atoms with Gasteiger partial charge in [-0.05, 0) is 18.9 Å². The van der Waals surface area contributed by atoms with Crippen LogP contribution in [0.2, 0.25) is 0 Å². The predicted molar refractivity (Wildman–Crippen MR) is 51.0 cm³/mol. The molecule has 1 rings (SSSR count). The van der Waals surface area contributed by atoms with Crippen molar-refractivity contribution >= 4 is 5.78 Å². The minimum Gasteiger partial charge on any atom is -0.295 e. The molecule has 0 aromatic rings. The molecule has 1 heteroatoms. The summed E-state index contributed by atoms with van der Waals surface area (Å²) in [6.45, 7) is 2.19. The summed E-state index contributed by atoms with van der Waals surface area (Å²) >= 11 is 0. The van der Waals surface area contributed by atoms with E-state index in [4.69, 9.17) is 0 Å². The van der Waals surface area contributed by atoms with Gasteiger partial charge in [-0.3, -0.25) is 4.79 Å². The highest BCUT2D eigenvalue weighted by atomic mass is 16.1. The molecule has 0 aromatic heterocycles. The van der Waals surface area contributed by atoms with Gasteiger partial charge in [-0.15, -0.1) is 0 Å². The van der Waals surface area contributed by atoms with Crippen LogP contribution in [-0.2, 0) is 4.79 Å². The Hall–Kier alpha value is -0.850. The van der Waals surface area contributed by atoms with Crippen LogP contribution in [0.15, 0.2) is 23.8 Å². The summed E-state index contributed by atoms with van der Waals surface area (Å²) in [7, 11) is 0. The van der Waals surface area contributed by atoms with Crippen molar-refractivity contribution in [3.63, 3.8) is 0 Å². The fourth-order valence-corrected chi connectivity index (χ4v) is 1.30. The van der Waals surface area contributed by atoms with Gasteiger partial charge in [-0.25, -0.2) is 0 Å². The average Bonchev–Trinajstić information content (AvgIpc) is 2.09. The van der Waals surface area contributed by atoms with Gasteiger partial charge in [0.2, 0.25) is 0 Å². The third-order valence-electron chi connectivity index (χ3n) is 2.11. The smallest absolute Gasteiger partial charge is 0.156 e. The second kappa shape index (κ2) is 4.91. The highest BCUT2D eigenvalue weighted by Crippen LogP contribution is 2.14. The van der Waals surface area contributed by atoms with E-state index in [1.54, 1.807) is 6.08 Å². The Kier molecular flexibility index (Phi) is 3.78. The third-order valence-corrected chi connectivity index (χ3v) is 2.11. The van der Waals surface area contributed by atoms with Crippen LogP contribution < -0.4 is 0 Å². The quantitative estimate of drug-likeness (QED) is 0.586. The first kappa shape index (κ1) is 9.24. The van der Waals surface area contributed by atoms with Crippen LogP contribution in [0.5, 0.6) is 0 Å². The molecular formula is C11H16O. The molecule has 0 fully saturated rings. The Labute approximate surface area is 74.2 Å². The van der Waals surface area contributed by atoms with Gasteiger partial charge >= 0.3 is 0 Å². The molecule has 0 amide bonds. The minimum atomic E-state index is 0.266. The summed E-state index contributed by atoms with van der Waals surface area (Å²) in [5, 5.41) is 0. The van der Waals surface area contributed by atoms with Gasteiger partial charge in [0, 0.05) is 6.42 Å². The lowest BCUT2D eigenvalue weighted by atomic mass is 10.00. The highest BCUT2D eigenvalue weighted by Gasteiger charge is 2.04. The predicted octanol–water partition coefficient (Wildman–Crippen LogP) is 3.02. The molecule has 0 unspecified atom stereocenters. The SMILES string of the molecule is CCCCC=C1C=CC(=O)CC1. The fourth-order valence-electron chi connectivity index (χ4n) is 1.30. The van der Waals surface area contributed by atoms with Crippen molar-refractivity contribution < 1.29 is 4.79 Å². The first-order chi connectivity index (χ1) is 5.83. The first-order valence-electron chi connectivity index (χ1n) is 4.73. The summed E-state index contributed by atoms with van der Waals surface area (Å²) in [4.78, 5) is 10.8. The number of carbonyl (C=O) groups excluding carboxylic acids is 1. The molecule has 0 saturated carbocycles. The van der Waals surface area contributed by atoms with E-state index in [0.29, 0.717) is 6.42 Å². The molecule has 0 atom stereocenters. The largest absolute Gasteiger partial charge is 0.295 e. The maximum Gasteiger partial charge on any atom is 0.156 e. The van der Waals surface area contributed by atoms with Gasteiger partial charge in [0.05, 0.1) is 0 Å². The molecule has 0 heterocycles. The minimum absolute atomic E-state index is 0.266. The normalized spacial score (nSPS) is 20.4. The third kappa shape index (κ3) is 3.04. The van der Waals surface area contributed by atoms with Crippen LogP contribution in [0, 0.1) is 0 Å². The molecule has 0 radical (unpaired) electrons. The number of hydrogen-bond donors (Lipinski definition) is 0. The average molecular weight is 164 g/mol. The van der Waals surface area contributed by atoms with E-state index in [1.807, 2.05) is 6.08 Å². The van der Waals surface area contributed by atoms with E-state index < -0.39 is 0 Å². The lowest BCUT2D eigenvalue weighted by Gasteiger charge is -2.05. The molecule has 0 N–H and O–H groups in total. The second-order valence-corrected chi connectivity index (χ2v) is 3.22. The van der Waals surface area contributed by atoms with E-state index in [2.05, 4.69) is 13.0 Å². The van der Waals surface area contributed by atoms with E-state index in [1.165, 1.54) is 18.4 Å². The van der Waals surface area contributed by atoms with Crippen molar-refractivity contribution in [1.29, 1.82) is 0 Å². The van der Waals surface area contributed by atoms with E-state index >= 15 is 0 Å². The van der Waals surface area contributed by atoms with Crippen LogP contribution in [0.3, 0.4) is 0 Å². The first-order valence-corrected chi connectivity index (χ1v) is 4.73. The zero-order valence-electron chi connectivity index (χ0n) is 7.68. The molecule has 12 heavy (non-hydrogen) atoms. The van der Waals surface area contributed by atoms with Crippen LogP contribution in [0.4, 0.5) is 0 Å². The molecule has 66 valence electrons. The fraction of sp³-hybridized carbons (Fsp3) is 0.545. The molecule has 1 aliphatic carbocycles. The number of rotatable bonds is 3. The monoisotopic (exact) mass is 164 g/mol. The molecule has 0 aliphatic heterocycles. The highest BCUT2D eigenvalue weighted by molar-refractivity contribution is 5.91. The summed E-state index contributed by atoms with van der Waals surface area (Å²) < 4.78 is 0. The lowest BCUT2D eigenvalue weighted by Crippen LogP contribution is -1.98. The molecule has 0 spiro atoms. The standard InChI is InChI=1S/C11H16O/c1-2-3-4-5-10-6-8-11(12)9-7-10/h5-6,8H,2-4,7,9H2,1H3. The summed E-state index contributed by atoms with van der Waals surface area (Å²) in [6.07, 6.45) is 11.2. The number of allylic oxidation sites excluding steroid dienone is 4. The van der Waals surface area contributed by atoms with Crippen molar-refractivity contribution in [3.8, 4) is 0 Å². The Morgan fingerprint density at radius 3 is 2.83 bits per heavy atom. The van der Waals surface area contributed by atoms with Gasteiger partial charge < -0.3 is 0 Å². The number of unbranched alkanes of at least 4 members (excludes halogenated alkanes) is 2. The van der Waals surface area contributed by atoms with Crippen LogP contribution >= 0.6 is 0 Å². The lowest BCUT2D eigenvalue weighted by molar-refractivity contribution is -0.114. The molecule has 0 aromatic carbocycles. The zero-order chi connectivity index (χ0) is 8.81. The van der Waals surface area contributed by atoms with Gasteiger partial charge in [-0.1, -0.05) is 37.5 Å². The van der Waals surface area contributed by atoms with Crippen molar-refractivity contribution in [2.45, 2.75) is 39.0 Å². The molecular weight excluding hydrogens is 148 g/mol. The topological polar surface area (TPSA) is 17.1 Å². The van der Waals surface area contributed by atoms with Crippen LogP contribution in [0.1, 0.15) is 39.0 Å². The Morgan fingerprint density at radius 1 is 1.42 bits per heavy atom. The summed E-state index contributed by atoms with van der Waals surface area (Å²) in [5.41, 5.74) is 1.34. The Balaban J connectivity index is 2.38. The maximum atomic E-state index is 10.8. The molecule has 0 saturated heterocycles. The van der Waals surface area contributed by atoms with Gasteiger partial charge in [0.1, 0.15) is 0 Å². The second-order valence-electron chi connectivity index (χ2n) is 3.22. The molecule has 1 aliphatic rings. The molecule has 1 nitrogen and oxygen atoms in total. The van der Waals surface area contributed by atoms with Gasteiger partial charge in [0.25, 0.3) is 0 Å². The van der Waals surface area contributed by atoms with Gasteiger partial charge in [0.15, 0.2) is 5.78 Å². The van der Waals surface area contributed by atoms with Crippen molar-refractivity contribution in [2.24, 2.45) is 0 Å². The van der Waals surface area contributed by atoms with Crippen molar-refractivity contribution in [2.75, 3.05) is 0 Å². The number of carbonyl (C=O) groups is 1. The van der Waals surface area contributed by atoms with Crippen LogP contribution in [0.25, 0.3) is 0 Å². The zero-order valence-corrected chi connectivity index (χ0v) is 7.68. The molecule has 0 bridgehead atoms. The Morgan fingerprint density at radius 2 is 2.25 bits per heavy atom. The van der Waals surface area contributed by atoms with E-state index in [-0.39, 0.29) is 5.78 Å². The number of ketones is 1. The maximum absolute atomic E-state index is 10.8. The summed E-state index contributed by atoms with van der Waals surface area (Å²) in [5.74, 6) is 0.266. The summed E-state index contributed by atoms with van der Waals surface area (Å²) in [6, 6.07) is 0. The van der Waals surface area contributed by atoms with Crippen LogP contribution in [-0.4, -0.2) is 5.78 Å². The van der Waals surface area contributed by atoms with Crippen molar-refractivity contribution in [3.05, 3.63) is 23.8 Å². The van der Waals surface area contributed by atoms with E-state index in [9.17, 15) is 4.79 Å². The van der Waals surface area contributed by atoms with Gasteiger partial charge in [-0.2, -0.15) is 0 Å². The van der Waals surface area contributed by atoms with Crippen molar-refractivity contribution in [1.82, 2.24) is 0 Å². The number of hydrogen-bond acceptors (Lipinski definition) is 1. The van der Waals surface area contributed by atoms with E-state index in [0.717, 1.165) is 12.8 Å².